The van der Waals surface area contributed by atoms with Crippen molar-refractivity contribution in [2.45, 2.75) is 102 Å². The Balaban J connectivity index is 1.46. The van der Waals surface area contributed by atoms with Gasteiger partial charge < -0.3 is 9.47 Å². The molecule has 2 saturated carbocycles. The lowest BCUT2D eigenvalue weighted by Crippen LogP contribution is -2.44. The summed E-state index contributed by atoms with van der Waals surface area (Å²) in [4.78, 5) is 0. The predicted octanol–water partition coefficient (Wildman–Crippen LogP) is 6.39. The standard InChI is InChI=1S/C20H32F4O2/c1-13-3-8-16(9-4-13)20(23,24)25-17-10-6-15(7-11-17)18-12-5-14(2)19(21,22)26-18/h13-18H,3-12H2,1-2H3. The van der Waals surface area contributed by atoms with E-state index in [1.54, 1.807) is 0 Å². The molecule has 26 heavy (non-hydrogen) atoms. The highest BCUT2D eigenvalue weighted by atomic mass is 19.3. The lowest BCUT2D eigenvalue weighted by Gasteiger charge is -2.41. The SMILES string of the molecule is CC1CCC(C(F)(F)OC2CCC(C3CCC(C)C(F)(F)O3)CC2)CC1. The van der Waals surface area contributed by atoms with Gasteiger partial charge in [-0.1, -0.05) is 26.7 Å². The molecule has 152 valence electrons. The molecule has 0 amide bonds. The number of ether oxygens (including phenoxy) is 2. The summed E-state index contributed by atoms with van der Waals surface area (Å²) in [5.74, 6) is -0.889. The molecule has 0 spiro atoms. The average molecular weight is 380 g/mol. The summed E-state index contributed by atoms with van der Waals surface area (Å²) < 4.78 is 66.8. The Morgan fingerprint density at radius 3 is 2.04 bits per heavy atom. The minimum atomic E-state index is -3.07. The van der Waals surface area contributed by atoms with Crippen LogP contribution in [0.3, 0.4) is 0 Å². The largest absolute Gasteiger partial charge is 0.358 e. The van der Waals surface area contributed by atoms with Crippen molar-refractivity contribution < 1.29 is 27.0 Å². The van der Waals surface area contributed by atoms with Gasteiger partial charge in [-0.25, -0.2) is 0 Å². The molecule has 1 aliphatic heterocycles. The molecule has 2 aliphatic carbocycles. The van der Waals surface area contributed by atoms with Crippen molar-refractivity contribution in [1.82, 2.24) is 0 Å². The molecule has 3 rings (SSSR count). The summed E-state index contributed by atoms with van der Waals surface area (Å²) in [6.07, 6.45) is -1.02. The van der Waals surface area contributed by atoms with E-state index >= 15 is 0 Å². The predicted molar refractivity (Wildman–Crippen MR) is 91.1 cm³/mol. The first-order chi connectivity index (χ1) is 12.2. The van der Waals surface area contributed by atoms with Gasteiger partial charge in [0.15, 0.2) is 0 Å². The van der Waals surface area contributed by atoms with Gasteiger partial charge >= 0.3 is 12.2 Å². The fourth-order valence-electron chi connectivity index (χ4n) is 4.78. The maximum Gasteiger partial charge on any atom is 0.358 e. The molecule has 3 aliphatic rings. The van der Waals surface area contributed by atoms with E-state index < -0.39 is 36.3 Å². The maximum absolute atomic E-state index is 14.5. The first-order valence-corrected chi connectivity index (χ1v) is 10.3. The van der Waals surface area contributed by atoms with Crippen LogP contribution in [0.2, 0.25) is 0 Å². The van der Waals surface area contributed by atoms with E-state index in [4.69, 9.17) is 9.47 Å². The topological polar surface area (TPSA) is 18.5 Å². The molecule has 0 radical (unpaired) electrons. The lowest BCUT2D eigenvalue weighted by molar-refractivity contribution is -0.323. The Bertz CT molecular complexity index is 455. The van der Waals surface area contributed by atoms with Gasteiger partial charge in [0.2, 0.25) is 0 Å². The van der Waals surface area contributed by atoms with Crippen LogP contribution in [0.5, 0.6) is 0 Å². The molecule has 6 heteroatoms. The van der Waals surface area contributed by atoms with E-state index in [-0.39, 0.29) is 5.92 Å². The van der Waals surface area contributed by atoms with Crippen LogP contribution in [-0.4, -0.2) is 24.4 Å². The van der Waals surface area contributed by atoms with Gasteiger partial charge in [0.1, 0.15) is 0 Å². The van der Waals surface area contributed by atoms with Crippen LogP contribution in [0.25, 0.3) is 0 Å². The zero-order valence-corrected chi connectivity index (χ0v) is 15.9. The molecule has 3 fully saturated rings. The third kappa shape index (κ3) is 4.73. The van der Waals surface area contributed by atoms with Crippen molar-refractivity contribution in [2.24, 2.45) is 23.7 Å². The van der Waals surface area contributed by atoms with E-state index in [1.807, 2.05) is 0 Å². The second-order valence-corrected chi connectivity index (χ2v) is 8.87. The molecule has 0 bridgehead atoms. The molecule has 1 saturated heterocycles. The zero-order valence-electron chi connectivity index (χ0n) is 15.9. The van der Waals surface area contributed by atoms with Crippen LogP contribution in [0.1, 0.15) is 78.1 Å². The Kier molecular flexibility index (Phi) is 6.22. The molecule has 1 heterocycles. The molecule has 2 atom stereocenters. The van der Waals surface area contributed by atoms with Crippen molar-refractivity contribution >= 4 is 0 Å². The third-order valence-corrected chi connectivity index (χ3v) is 6.83. The summed E-state index contributed by atoms with van der Waals surface area (Å²) in [6.45, 7) is 3.61. The van der Waals surface area contributed by atoms with E-state index in [0.717, 1.165) is 12.8 Å². The zero-order chi connectivity index (χ0) is 18.9. The average Bonchev–Trinajstić information content (AvgIpc) is 2.58. The number of halogens is 4. The van der Waals surface area contributed by atoms with E-state index in [9.17, 15) is 17.6 Å². The van der Waals surface area contributed by atoms with Gasteiger partial charge in [0, 0.05) is 5.92 Å². The van der Waals surface area contributed by atoms with Crippen LogP contribution in [0.4, 0.5) is 17.6 Å². The highest BCUT2D eigenvalue weighted by Crippen LogP contribution is 2.44. The molecule has 0 aromatic carbocycles. The van der Waals surface area contributed by atoms with Crippen LogP contribution in [0, 0.1) is 23.7 Å². The molecule has 2 unspecified atom stereocenters. The maximum atomic E-state index is 14.5. The molecule has 0 aromatic rings. The van der Waals surface area contributed by atoms with Gasteiger partial charge in [0.05, 0.1) is 18.1 Å². The first kappa shape index (κ1) is 20.4. The first-order valence-electron chi connectivity index (χ1n) is 10.3. The van der Waals surface area contributed by atoms with Crippen LogP contribution < -0.4 is 0 Å². The number of rotatable bonds is 4. The van der Waals surface area contributed by atoms with Crippen molar-refractivity contribution in [3.8, 4) is 0 Å². The van der Waals surface area contributed by atoms with Gasteiger partial charge in [-0.15, -0.1) is 0 Å². The van der Waals surface area contributed by atoms with E-state index in [0.29, 0.717) is 57.3 Å². The Labute approximate surface area is 154 Å². The Morgan fingerprint density at radius 2 is 1.46 bits per heavy atom. The fraction of sp³-hybridized carbons (Fsp3) is 1.00. The van der Waals surface area contributed by atoms with E-state index in [1.165, 1.54) is 6.92 Å². The summed E-state index contributed by atoms with van der Waals surface area (Å²) in [6, 6.07) is 0. The summed E-state index contributed by atoms with van der Waals surface area (Å²) in [7, 11) is 0. The molecule has 2 nitrogen and oxygen atoms in total. The number of hydrogen-bond acceptors (Lipinski definition) is 2. The Hall–Kier alpha value is -0.360. The van der Waals surface area contributed by atoms with Crippen molar-refractivity contribution in [3.05, 3.63) is 0 Å². The van der Waals surface area contributed by atoms with Crippen molar-refractivity contribution in [2.75, 3.05) is 0 Å². The van der Waals surface area contributed by atoms with Gasteiger partial charge in [-0.2, -0.15) is 17.6 Å². The monoisotopic (exact) mass is 380 g/mol. The normalized spacial score (nSPS) is 41.8. The summed E-state index contributed by atoms with van der Waals surface area (Å²) >= 11 is 0. The smallest absolute Gasteiger partial charge is 0.317 e. The quantitative estimate of drug-likeness (QED) is 0.526. The minimum absolute atomic E-state index is 0.0253. The fourth-order valence-corrected chi connectivity index (χ4v) is 4.78. The highest BCUT2D eigenvalue weighted by molar-refractivity contribution is 4.85. The molecular weight excluding hydrogens is 348 g/mol. The molecular formula is C20H32F4O2. The number of alkyl halides is 4. The van der Waals surface area contributed by atoms with Crippen molar-refractivity contribution in [3.63, 3.8) is 0 Å². The third-order valence-electron chi connectivity index (χ3n) is 6.83. The van der Waals surface area contributed by atoms with Crippen molar-refractivity contribution in [1.29, 1.82) is 0 Å². The highest BCUT2D eigenvalue weighted by Gasteiger charge is 2.48. The Morgan fingerprint density at radius 1 is 0.846 bits per heavy atom. The second-order valence-electron chi connectivity index (χ2n) is 8.87. The summed E-state index contributed by atoms with van der Waals surface area (Å²) in [5, 5.41) is 0. The van der Waals surface area contributed by atoms with Crippen LogP contribution in [-0.2, 0) is 9.47 Å². The van der Waals surface area contributed by atoms with E-state index in [2.05, 4.69) is 6.92 Å². The molecule has 0 aromatic heterocycles. The summed E-state index contributed by atoms with van der Waals surface area (Å²) in [5.41, 5.74) is 0. The van der Waals surface area contributed by atoms with Gasteiger partial charge in [-0.05, 0) is 63.2 Å². The minimum Gasteiger partial charge on any atom is -0.317 e. The van der Waals surface area contributed by atoms with Gasteiger partial charge in [-0.3, -0.25) is 0 Å². The van der Waals surface area contributed by atoms with Crippen LogP contribution in [0.15, 0.2) is 0 Å². The van der Waals surface area contributed by atoms with Crippen LogP contribution >= 0.6 is 0 Å². The number of hydrogen-bond donors (Lipinski definition) is 0. The lowest BCUT2D eigenvalue weighted by atomic mass is 9.80. The molecule has 0 N–H and O–H groups in total. The second kappa shape index (κ2) is 7.94. The van der Waals surface area contributed by atoms with Gasteiger partial charge in [0.25, 0.3) is 0 Å².